The van der Waals surface area contributed by atoms with Gasteiger partial charge in [-0.25, -0.2) is 14.5 Å². The summed E-state index contributed by atoms with van der Waals surface area (Å²) in [5.41, 5.74) is 3.58. The third-order valence-corrected chi connectivity index (χ3v) is 6.75. The van der Waals surface area contributed by atoms with E-state index in [9.17, 15) is 4.79 Å². The number of pyridine rings is 1. The van der Waals surface area contributed by atoms with Crippen molar-refractivity contribution in [1.29, 1.82) is 0 Å². The highest BCUT2D eigenvalue weighted by molar-refractivity contribution is 7.13. The number of rotatable bonds is 10. The summed E-state index contributed by atoms with van der Waals surface area (Å²) in [5.74, 6) is 0.529. The molecule has 0 aliphatic heterocycles. The molecule has 8 nitrogen and oxygen atoms in total. The molecule has 1 atom stereocenters. The summed E-state index contributed by atoms with van der Waals surface area (Å²) >= 11 is 1.64. The maximum atomic E-state index is 13.1. The third-order valence-electron chi connectivity index (χ3n) is 5.86. The van der Waals surface area contributed by atoms with Crippen LogP contribution in [-0.4, -0.2) is 62.6 Å². The fourth-order valence-electron chi connectivity index (χ4n) is 4.00. The zero-order chi connectivity index (χ0) is 24.1. The SMILES string of the molecule is CCNc1cc(C(=O)NCC(C)N(CC)CC)cc(-c2cnn3ccc(-c4cccs4)nc23)n1. The van der Waals surface area contributed by atoms with E-state index in [1.807, 2.05) is 42.8 Å². The first-order chi connectivity index (χ1) is 16.5. The van der Waals surface area contributed by atoms with E-state index in [0.29, 0.717) is 35.8 Å². The highest BCUT2D eigenvalue weighted by Crippen LogP contribution is 2.28. The van der Waals surface area contributed by atoms with Crippen molar-refractivity contribution in [3.8, 4) is 21.8 Å². The molecule has 0 aliphatic rings. The van der Waals surface area contributed by atoms with E-state index >= 15 is 0 Å². The first-order valence-corrected chi connectivity index (χ1v) is 12.6. The molecule has 0 aromatic carbocycles. The van der Waals surface area contributed by atoms with Gasteiger partial charge in [-0.15, -0.1) is 11.3 Å². The molecule has 34 heavy (non-hydrogen) atoms. The predicted octanol–water partition coefficient (Wildman–Crippen LogP) is 4.41. The van der Waals surface area contributed by atoms with E-state index < -0.39 is 0 Å². The quantitative estimate of drug-likeness (QED) is 0.352. The number of nitrogens with zero attached hydrogens (tertiary/aromatic N) is 5. The Morgan fingerprint density at radius 1 is 1.15 bits per heavy atom. The van der Waals surface area contributed by atoms with Crippen LogP contribution in [0.25, 0.3) is 27.5 Å². The minimum atomic E-state index is -0.120. The Morgan fingerprint density at radius 2 is 1.97 bits per heavy atom. The molecule has 9 heteroatoms. The summed E-state index contributed by atoms with van der Waals surface area (Å²) in [6.07, 6.45) is 3.65. The van der Waals surface area contributed by atoms with Crippen LogP contribution in [-0.2, 0) is 0 Å². The molecule has 0 bridgehead atoms. The number of carbonyl (C=O) groups excluding carboxylic acids is 1. The minimum Gasteiger partial charge on any atom is -0.370 e. The van der Waals surface area contributed by atoms with Crippen LogP contribution in [0.3, 0.4) is 0 Å². The average Bonchev–Trinajstić information content (AvgIpc) is 3.53. The van der Waals surface area contributed by atoms with E-state index in [-0.39, 0.29) is 11.9 Å². The fourth-order valence-corrected chi connectivity index (χ4v) is 4.70. The van der Waals surface area contributed by atoms with Crippen LogP contribution in [0.2, 0.25) is 0 Å². The van der Waals surface area contributed by atoms with Crippen molar-refractivity contribution in [3.63, 3.8) is 0 Å². The number of fused-ring (bicyclic) bond motifs is 1. The first-order valence-electron chi connectivity index (χ1n) is 11.7. The molecular weight excluding hydrogens is 446 g/mol. The largest absolute Gasteiger partial charge is 0.370 e. The van der Waals surface area contributed by atoms with Crippen LogP contribution in [0.5, 0.6) is 0 Å². The Bertz CT molecular complexity index is 1250. The summed E-state index contributed by atoms with van der Waals surface area (Å²) < 4.78 is 1.74. The molecule has 0 aliphatic carbocycles. The van der Waals surface area contributed by atoms with Crippen molar-refractivity contribution in [2.75, 3.05) is 31.5 Å². The van der Waals surface area contributed by atoms with Crippen LogP contribution < -0.4 is 10.6 Å². The molecule has 1 unspecified atom stereocenters. The Hall–Kier alpha value is -3.30. The molecule has 4 aromatic rings. The lowest BCUT2D eigenvalue weighted by Gasteiger charge is -2.26. The van der Waals surface area contributed by atoms with E-state index in [4.69, 9.17) is 9.97 Å². The van der Waals surface area contributed by atoms with Gasteiger partial charge in [0.05, 0.1) is 28.0 Å². The van der Waals surface area contributed by atoms with Gasteiger partial charge >= 0.3 is 0 Å². The predicted molar refractivity (Wildman–Crippen MR) is 138 cm³/mol. The van der Waals surface area contributed by atoms with Gasteiger partial charge in [0.15, 0.2) is 5.65 Å². The second kappa shape index (κ2) is 10.8. The van der Waals surface area contributed by atoms with Crippen molar-refractivity contribution >= 4 is 28.7 Å². The lowest BCUT2D eigenvalue weighted by atomic mass is 10.1. The Morgan fingerprint density at radius 3 is 2.68 bits per heavy atom. The average molecular weight is 478 g/mol. The molecule has 4 heterocycles. The zero-order valence-electron chi connectivity index (χ0n) is 20.1. The van der Waals surface area contributed by atoms with Crippen molar-refractivity contribution in [3.05, 3.63) is 53.7 Å². The number of likely N-dealkylation sites (N-methyl/N-ethyl adjacent to an activating group) is 1. The molecule has 0 spiro atoms. The van der Waals surface area contributed by atoms with Gasteiger partial charge in [-0.3, -0.25) is 9.69 Å². The van der Waals surface area contributed by atoms with Crippen LogP contribution in [0.4, 0.5) is 5.82 Å². The number of amides is 1. The lowest BCUT2D eigenvalue weighted by Crippen LogP contribution is -2.42. The van der Waals surface area contributed by atoms with Crippen molar-refractivity contribution in [1.82, 2.24) is 29.8 Å². The molecule has 178 valence electrons. The van der Waals surface area contributed by atoms with Gasteiger partial charge in [-0.2, -0.15) is 5.10 Å². The monoisotopic (exact) mass is 477 g/mol. The van der Waals surface area contributed by atoms with Gasteiger partial charge in [0.2, 0.25) is 0 Å². The topological polar surface area (TPSA) is 87.5 Å². The smallest absolute Gasteiger partial charge is 0.251 e. The van der Waals surface area contributed by atoms with Gasteiger partial charge in [-0.05, 0) is 56.6 Å². The van der Waals surface area contributed by atoms with Crippen LogP contribution in [0.1, 0.15) is 38.1 Å². The molecule has 2 N–H and O–H groups in total. The van der Waals surface area contributed by atoms with Gasteiger partial charge in [-0.1, -0.05) is 19.9 Å². The summed E-state index contributed by atoms with van der Waals surface area (Å²) in [4.78, 5) is 26.1. The Balaban J connectivity index is 1.67. The summed E-state index contributed by atoms with van der Waals surface area (Å²) in [6, 6.07) is 9.87. The van der Waals surface area contributed by atoms with Crippen molar-refractivity contribution in [2.45, 2.75) is 33.7 Å². The maximum absolute atomic E-state index is 13.1. The van der Waals surface area contributed by atoms with Crippen LogP contribution in [0, 0.1) is 0 Å². The number of hydrogen-bond donors (Lipinski definition) is 2. The molecule has 0 radical (unpaired) electrons. The van der Waals surface area contributed by atoms with E-state index in [0.717, 1.165) is 29.2 Å². The Labute approximate surface area is 204 Å². The second-order valence-corrected chi connectivity index (χ2v) is 9.00. The van der Waals surface area contributed by atoms with Gasteiger partial charge < -0.3 is 10.6 Å². The van der Waals surface area contributed by atoms with Crippen LogP contribution in [0.15, 0.2) is 48.1 Å². The van der Waals surface area contributed by atoms with E-state index in [1.54, 1.807) is 28.1 Å². The Kier molecular flexibility index (Phi) is 7.54. The highest BCUT2D eigenvalue weighted by atomic mass is 32.1. The van der Waals surface area contributed by atoms with Gasteiger partial charge in [0.1, 0.15) is 5.82 Å². The number of thiophene rings is 1. The summed E-state index contributed by atoms with van der Waals surface area (Å²) in [5, 5.41) is 12.8. The standard InChI is InChI=1S/C25H31N7OS/c1-5-26-23-14-18(25(33)27-15-17(4)31(6-2)7-3)13-21(29-23)19-16-28-32-11-10-20(30-24(19)32)22-9-8-12-34-22/h8-14,16-17H,5-7,15H2,1-4H3,(H,26,29)(H,27,33). The van der Waals surface area contributed by atoms with Gasteiger partial charge in [0, 0.05) is 30.9 Å². The minimum absolute atomic E-state index is 0.120. The van der Waals surface area contributed by atoms with Crippen LogP contribution >= 0.6 is 11.3 Å². The molecule has 4 aromatic heterocycles. The van der Waals surface area contributed by atoms with E-state index in [1.165, 1.54) is 0 Å². The molecular formula is C25H31N7OS. The molecule has 0 fully saturated rings. The highest BCUT2D eigenvalue weighted by Gasteiger charge is 2.17. The number of nitrogens with one attached hydrogen (secondary N) is 2. The van der Waals surface area contributed by atoms with Crippen molar-refractivity contribution in [2.24, 2.45) is 0 Å². The van der Waals surface area contributed by atoms with E-state index in [2.05, 4.69) is 41.4 Å². The van der Waals surface area contributed by atoms with Crippen molar-refractivity contribution < 1.29 is 4.79 Å². The lowest BCUT2D eigenvalue weighted by molar-refractivity contribution is 0.0938. The first kappa shape index (κ1) is 23.8. The maximum Gasteiger partial charge on any atom is 0.251 e. The summed E-state index contributed by atoms with van der Waals surface area (Å²) in [6.45, 7) is 11.6. The molecule has 4 rings (SSSR count). The fraction of sp³-hybridized carbons (Fsp3) is 0.360. The van der Waals surface area contributed by atoms with Gasteiger partial charge in [0.25, 0.3) is 5.91 Å². The number of aromatic nitrogens is 4. The normalized spacial score (nSPS) is 12.3. The number of carbonyl (C=O) groups is 1. The summed E-state index contributed by atoms with van der Waals surface area (Å²) in [7, 11) is 0. The number of hydrogen-bond acceptors (Lipinski definition) is 7. The molecule has 1 amide bonds. The number of anilines is 1. The zero-order valence-corrected chi connectivity index (χ0v) is 20.9. The molecule has 0 saturated heterocycles. The second-order valence-electron chi connectivity index (χ2n) is 8.05. The molecule has 0 saturated carbocycles. The third kappa shape index (κ3) is 5.10.